The quantitative estimate of drug-likeness (QED) is 0.867. The summed E-state index contributed by atoms with van der Waals surface area (Å²) in [5.74, 6) is -0.301. The van der Waals surface area contributed by atoms with Crippen LogP contribution in [-0.4, -0.2) is 46.9 Å². The number of nitrogens with two attached hydrogens (primary N) is 1. The van der Waals surface area contributed by atoms with Gasteiger partial charge in [0.2, 0.25) is 5.91 Å². The molecule has 2 amide bonds. The Balaban J connectivity index is 1.53. The number of carbonyl (C=O) groups is 2. The lowest BCUT2D eigenvalue weighted by Crippen LogP contribution is -2.65. The number of carbonyl (C=O) groups excluding carboxylic acids is 2. The van der Waals surface area contributed by atoms with Gasteiger partial charge in [-0.15, -0.1) is 0 Å². The largest absolute Gasteiger partial charge is 0.344 e. The minimum atomic E-state index is -0.540. The van der Waals surface area contributed by atoms with E-state index in [1.165, 1.54) is 0 Å². The number of pyridine rings is 1. The third-order valence-electron chi connectivity index (χ3n) is 4.83. The number of benzene rings is 1. The van der Waals surface area contributed by atoms with Crippen molar-refractivity contribution in [3.8, 4) is 11.1 Å². The molecule has 1 aliphatic heterocycles. The Kier molecular flexibility index (Phi) is 5.28. The topological polar surface area (TPSA) is 88.3 Å². The van der Waals surface area contributed by atoms with Gasteiger partial charge < -0.3 is 16.0 Å². The second-order valence-electron chi connectivity index (χ2n) is 8.06. The first kappa shape index (κ1) is 19.0. The summed E-state index contributed by atoms with van der Waals surface area (Å²) in [5.41, 5.74) is 8.12. The van der Waals surface area contributed by atoms with Gasteiger partial charge in [-0.25, -0.2) is 0 Å². The second-order valence-corrected chi connectivity index (χ2v) is 8.06. The molecule has 1 atom stereocenters. The molecule has 6 heteroatoms. The molecular formula is C21H26N4O2. The van der Waals surface area contributed by atoms with Crippen LogP contribution < -0.4 is 11.1 Å². The smallest absolute Gasteiger partial charge is 0.270 e. The molecule has 1 saturated heterocycles. The van der Waals surface area contributed by atoms with Crippen molar-refractivity contribution in [1.29, 1.82) is 0 Å². The summed E-state index contributed by atoms with van der Waals surface area (Å²) in [4.78, 5) is 30.6. The minimum Gasteiger partial charge on any atom is -0.344 e. The van der Waals surface area contributed by atoms with Gasteiger partial charge >= 0.3 is 0 Å². The van der Waals surface area contributed by atoms with Gasteiger partial charge in [0.25, 0.3) is 5.91 Å². The van der Waals surface area contributed by atoms with E-state index in [4.69, 9.17) is 5.73 Å². The number of aromatic nitrogens is 1. The van der Waals surface area contributed by atoms with E-state index in [9.17, 15) is 9.59 Å². The van der Waals surface area contributed by atoms with Gasteiger partial charge in [-0.2, -0.15) is 0 Å². The van der Waals surface area contributed by atoms with Crippen LogP contribution in [0.2, 0.25) is 0 Å². The molecule has 2 heterocycles. The molecule has 1 aliphatic rings. The molecular weight excluding hydrogens is 340 g/mol. The maximum atomic E-state index is 12.4. The van der Waals surface area contributed by atoms with E-state index in [1.807, 2.05) is 57.2 Å². The highest BCUT2D eigenvalue weighted by atomic mass is 16.2. The van der Waals surface area contributed by atoms with Gasteiger partial charge in [-0.3, -0.25) is 14.6 Å². The summed E-state index contributed by atoms with van der Waals surface area (Å²) >= 11 is 0. The van der Waals surface area contributed by atoms with E-state index in [0.29, 0.717) is 18.8 Å². The highest BCUT2D eigenvalue weighted by molar-refractivity contribution is 5.93. The third-order valence-corrected chi connectivity index (χ3v) is 4.83. The second kappa shape index (κ2) is 7.48. The number of hydrogen-bond acceptors (Lipinski definition) is 4. The van der Waals surface area contributed by atoms with Gasteiger partial charge in [-0.1, -0.05) is 57.2 Å². The molecule has 3 rings (SSSR count). The predicted molar refractivity (Wildman–Crippen MR) is 105 cm³/mol. The Morgan fingerprint density at radius 1 is 1.11 bits per heavy atom. The number of hydrogen-bond donors (Lipinski definition) is 2. The zero-order chi connectivity index (χ0) is 19.6. The van der Waals surface area contributed by atoms with E-state index in [1.54, 1.807) is 17.2 Å². The van der Waals surface area contributed by atoms with Gasteiger partial charge in [-0.05, 0) is 17.0 Å². The average Bonchev–Trinajstić information content (AvgIpc) is 2.63. The van der Waals surface area contributed by atoms with Gasteiger partial charge in [0, 0.05) is 24.8 Å². The highest BCUT2D eigenvalue weighted by Crippen LogP contribution is 2.22. The number of nitrogens with one attached hydrogen (secondary N) is 1. The number of rotatable bonds is 4. The van der Waals surface area contributed by atoms with E-state index in [2.05, 4.69) is 10.3 Å². The molecule has 2 aromatic rings. The number of amides is 2. The van der Waals surface area contributed by atoms with Crippen LogP contribution in [0.3, 0.4) is 0 Å². The van der Waals surface area contributed by atoms with Crippen LogP contribution in [0, 0.1) is 5.41 Å². The molecule has 0 spiro atoms. The molecule has 0 radical (unpaired) electrons. The highest BCUT2D eigenvalue weighted by Gasteiger charge is 2.38. The van der Waals surface area contributed by atoms with Crippen molar-refractivity contribution < 1.29 is 9.59 Å². The van der Waals surface area contributed by atoms with Crippen LogP contribution in [0.15, 0.2) is 48.7 Å². The zero-order valence-corrected chi connectivity index (χ0v) is 16.0. The molecule has 27 heavy (non-hydrogen) atoms. The standard InChI is InChI=1S/C21H26N4O2/c1-21(2,3)18(22)20(27)25-12-16(13-25)24-19(26)17-10-9-15(11-23-17)14-7-5-4-6-8-14/h4-11,16,18H,12-13,22H2,1-3H3,(H,24,26). The van der Waals surface area contributed by atoms with Gasteiger partial charge in [0.05, 0.1) is 12.1 Å². The third kappa shape index (κ3) is 4.34. The van der Waals surface area contributed by atoms with Crippen molar-refractivity contribution in [2.45, 2.75) is 32.9 Å². The first-order valence-electron chi connectivity index (χ1n) is 9.12. The zero-order valence-electron chi connectivity index (χ0n) is 16.0. The van der Waals surface area contributed by atoms with E-state index >= 15 is 0 Å². The van der Waals surface area contributed by atoms with Crippen LogP contribution in [0.25, 0.3) is 11.1 Å². The number of likely N-dealkylation sites (tertiary alicyclic amines) is 1. The van der Waals surface area contributed by atoms with Crippen molar-refractivity contribution >= 4 is 11.8 Å². The Labute approximate surface area is 159 Å². The first-order chi connectivity index (χ1) is 12.8. The molecule has 0 bridgehead atoms. The SMILES string of the molecule is CC(C)(C)C(N)C(=O)N1CC(NC(=O)c2ccc(-c3ccccc3)cn2)C1. The maximum Gasteiger partial charge on any atom is 0.270 e. The van der Waals surface area contributed by atoms with Crippen LogP contribution in [0.5, 0.6) is 0 Å². The Bertz CT molecular complexity index is 806. The Morgan fingerprint density at radius 3 is 2.33 bits per heavy atom. The van der Waals surface area contributed by atoms with E-state index in [-0.39, 0.29) is 23.3 Å². The lowest BCUT2D eigenvalue weighted by molar-refractivity contribution is -0.139. The van der Waals surface area contributed by atoms with Crippen molar-refractivity contribution in [3.63, 3.8) is 0 Å². The molecule has 3 N–H and O–H groups in total. The molecule has 1 unspecified atom stereocenters. The van der Waals surface area contributed by atoms with Crippen LogP contribution in [0.1, 0.15) is 31.3 Å². The van der Waals surface area contributed by atoms with Gasteiger partial charge in [0.15, 0.2) is 0 Å². The average molecular weight is 366 g/mol. The first-order valence-corrected chi connectivity index (χ1v) is 9.12. The lowest BCUT2D eigenvalue weighted by atomic mass is 9.86. The van der Waals surface area contributed by atoms with Crippen molar-refractivity contribution in [2.75, 3.05) is 13.1 Å². The summed E-state index contributed by atoms with van der Waals surface area (Å²) < 4.78 is 0. The van der Waals surface area contributed by atoms with Crippen LogP contribution >= 0.6 is 0 Å². The van der Waals surface area contributed by atoms with Crippen molar-refractivity contribution in [3.05, 3.63) is 54.4 Å². The van der Waals surface area contributed by atoms with Gasteiger partial charge in [0.1, 0.15) is 5.69 Å². The Morgan fingerprint density at radius 2 is 1.78 bits per heavy atom. The van der Waals surface area contributed by atoms with E-state index in [0.717, 1.165) is 11.1 Å². The van der Waals surface area contributed by atoms with Crippen LogP contribution in [-0.2, 0) is 4.79 Å². The van der Waals surface area contributed by atoms with E-state index < -0.39 is 6.04 Å². The molecule has 1 fully saturated rings. The molecule has 1 aromatic heterocycles. The monoisotopic (exact) mass is 366 g/mol. The van der Waals surface area contributed by atoms with Crippen molar-refractivity contribution in [2.24, 2.45) is 11.1 Å². The van der Waals surface area contributed by atoms with Crippen LogP contribution in [0.4, 0.5) is 0 Å². The Hall–Kier alpha value is -2.73. The fourth-order valence-corrected chi connectivity index (χ4v) is 2.91. The summed E-state index contributed by atoms with van der Waals surface area (Å²) in [6.07, 6.45) is 1.70. The molecule has 0 saturated carbocycles. The van der Waals surface area contributed by atoms with Crippen molar-refractivity contribution in [1.82, 2.24) is 15.2 Å². The summed E-state index contributed by atoms with van der Waals surface area (Å²) in [6.45, 7) is 6.80. The lowest BCUT2D eigenvalue weighted by Gasteiger charge is -2.42. The fraction of sp³-hybridized carbons (Fsp3) is 0.381. The molecule has 0 aliphatic carbocycles. The minimum absolute atomic E-state index is 0.0655. The predicted octanol–water partition coefficient (Wildman–Crippen LogP) is 2.06. The normalized spacial score (nSPS) is 15.8. The fourth-order valence-electron chi connectivity index (χ4n) is 2.91. The maximum absolute atomic E-state index is 12.4. The summed E-state index contributed by atoms with van der Waals surface area (Å²) in [5, 5.41) is 2.92. The summed E-state index contributed by atoms with van der Waals surface area (Å²) in [6, 6.07) is 12.9. The molecule has 1 aromatic carbocycles. The molecule has 6 nitrogen and oxygen atoms in total. The molecule has 142 valence electrons. The number of nitrogens with zero attached hydrogens (tertiary/aromatic N) is 2. The summed E-state index contributed by atoms with van der Waals surface area (Å²) in [7, 11) is 0.